The first-order chi connectivity index (χ1) is 18.0. The van der Waals surface area contributed by atoms with Crippen LogP contribution in [0.4, 0.5) is 14.5 Å². The Bertz CT molecular complexity index is 1330. The molecule has 0 bridgehead atoms. The number of benzene rings is 1. The quantitative estimate of drug-likeness (QED) is 0.451. The molecule has 0 spiro atoms. The minimum atomic E-state index is -2.71. The third-order valence-electron chi connectivity index (χ3n) is 7.18. The first-order valence-corrected chi connectivity index (χ1v) is 13.0. The van der Waals surface area contributed by atoms with E-state index in [1.54, 1.807) is 18.5 Å². The number of nitrogens with zero attached hydrogens (tertiary/aromatic N) is 5. The Morgan fingerprint density at radius 1 is 1.26 bits per heavy atom. The molecular formula is C28H36F2N6O2. The number of likely N-dealkylation sites (tertiary alicyclic amines) is 1. The van der Waals surface area contributed by atoms with Crippen LogP contribution in [0.3, 0.4) is 0 Å². The number of pyridine rings is 1. The SMILES string of the molecule is C[C@H]1CCCN(Cc2cc(C(=O)Nc3cccc(C(C)(C)Cc4nncn4C)c3)c(=O)n(CC(F)F)c2)C1. The molecule has 1 amide bonds. The van der Waals surface area contributed by atoms with Crippen molar-refractivity contribution in [3.8, 4) is 0 Å². The van der Waals surface area contributed by atoms with E-state index in [1.165, 1.54) is 6.20 Å². The van der Waals surface area contributed by atoms with Crippen LogP contribution in [0.5, 0.6) is 0 Å². The van der Waals surface area contributed by atoms with Crippen molar-refractivity contribution in [1.29, 1.82) is 0 Å². The Morgan fingerprint density at radius 3 is 2.74 bits per heavy atom. The van der Waals surface area contributed by atoms with Gasteiger partial charge in [-0.15, -0.1) is 10.2 Å². The van der Waals surface area contributed by atoms with Crippen molar-refractivity contribution in [2.45, 2.75) is 65.0 Å². The maximum Gasteiger partial charge on any atom is 0.263 e. The van der Waals surface area contributed by atoms with Crippen molar-refractivity contribution in [1.82, 2.24) is 24.2 Å². The Balaban J connectivity index is 1.58. The lowest BCUT2D eigenvalue weighted by Crippen LogP contribution is -2.35. The Hall–Kier alpha value is -3.40. The average Bonchev–Trinajstić information content (AvgIpc) is 3.24. The van der Waals surface area contributed by atoms with Gasteiger partial charge < -0.3 is 14.5 Å². The minimum Gasteiger partial charge on any atom is -0.322 e. The summed E-state index contributed by atoms with van der Waals surface area (Å²) in [5.74, 6) is 0.766. The van der Waals surface area contributed by atoms with Crippen LogP contribution in [0, 0.1) is 5.92 Å². The van der Waals surface area contributed by atoms with Gasteiger partial charge in [0.1, 0.15) is 17.7 Å². The number of nitrogens with one attached hydrogen (secondary N) is 1. The van der Waals surface area contributed by atoms with Gasteiger partial charge in [-0.1, -0.05) is 32.9 Å². The number of anilines is 1. The van der Waals surface area contributed by atoms with E-state index in [0.29, 0.717) is 30.1 Å². The lowest BCUT2D eigenvalue weighted by Gasteiger charge is -2.31. The van der Waals surface area contributed by atoms with E-state index in [2.05, 4.69) is 41.2 Å². The predicted molar refractivity (Wildman–Crippen MR) is 143 cm³/mol. The number of aryl methyl sites for hydroxylation is 1. The van der Waals surface area contributed by atoms with Gasteiger partial charge in [0.15, 0.2) is 0 Å². The lowest BCUT2D eigenvalue weighted by atomic mass is 9.81. The zero-order valence-electron chi connectivity index (χ0n) is 22.5. The smallest absolute Gasteiger partial charge is 0.263 e. The molecule has 8 nitrogen and oxygen atoms in total. The fourth-order valence-electron chi connectivity index (χ4n) is 5.10. The molecule has 4 rings (SSSR count). The summed E-state index contributed by atoms with van der Waals surface area (Å²) in [7, 11) is 1.89. The molecule has 3 aromatic rings. The average molecular weight is 527 g/mol. The number of hydrogen-bond acceptors (Lipinski definition) is 5. The number of aromatic nitrogens is 4. The number of carbonyl (C=O) groups excluding carboxylic acids is 1. The summed E-state index contributed by atoms with van der Waals surface area (Å²) in [4.78, 5) is 28.5. The van der Waals surface area contributed by atoms with Crippen LogP contribution in [-0.2, 0) is 32.0 Å². The Morgan fingerprint density at radius 2 is 2.05 bits per heavy atom. The van der Waals surface area contributed by atoms with E-state index >= 15 is 0 Å². The van der Waals surface area contributed by atoms with Crippen molar-refractivity contribution in [2.75, 3.05) is 18.4 Å². The molecule has 204 valence electrons. The highest BCUT2D eigenvalue weighted by molar-refractivity contribution is 6.04. The molecule has 1 fully saturated rings. The van der Waals surface area contributed by atoms with Gasteiger partial charge in [0.05, 0.1) is 6.54 Å². The highest BCUT2D eigenvalue weighted by Crippen LogP contribution is 2.29. The third kappa shape index (κ3) is 6.72. The number of amides is 1. The highest BCUT2D eigenvalue weighted by Gasteiger charge is 2.25. The number of rotatable bonds is 9. The van der Waals surface area contributed by atoms with Crippen LogP contribution in [-0.4, -0.2) is 49.7 Å². The van der Waals surface area contributed by atoms with Crippen LogP contribution in [0.15, 0.2) is 47.7 Å². The summed E-state index contributed by atoms with van der Waals surface area (Å²) in [6.07, 6.45) is 3.26. The molecule has 1 aromatic carbocycles. The summed E-state index contributed by atoms with van der Waals surface area (Å²) in [5.41, 5.74) is 0.990. The molecule has 1 atom stereocenters. The van der Waals surface area contributed by atoms with Gasteiger partial charge in [-0.2, -0.15) is 0 Å². The molecule has 1 saturated heterocycles. The second-order valence-electron chi connectivity index (χ2n) is 11.0. The molecule has 10 heteroatoms. The van der Waals surface area contributed by atoms with E-state index < -0.39 is 24.4 Å². The number of piperidine rings is 1. The van der Waals surface area contributed by atoms with Crippen molar-refractivity contribution in [2.24, 2.45) is 13.0 Å². The molecule has 0 radical (unpaired) electrons. The van der Waals surface area contributed by atoms with Crippen LogP contribution in [0.25, 0.3) is 0 Å². The van der Waals surface area contributed by atoms with Gasteiger partial charge >= 0.3 is 0 Å². The number of halogens is 2. The minimum absolute atomic E-state index is 0.142. The summed E-state index contributed by atoms with van der Waals surface area (Å²) in [5, 5.41) is 10.9. The van der Waals surface area contributed by atoms with Crippen LogP contribution >= 0.6 is 0 Å². The number of hydrogen-bond donors (Lipinski definition) is 1. The molecule has 1 aliphatic heterocycles. The van der Waals surface area contributed by atoms with E-state index in [4.69, 9.17) is 0 Å². The van der Waals surface area contributed by atoms with Crippen molar-refractivity contribution in [3.05, 3.63) is 75.7 Å². The zero-order valence-corrected chi connectivity index (χ0v) is 22.5. The topological polar surface area (TPSA) is 85.1 Å². The Kier molecular flexibility index (Phi) is 8.40. The van der Waals surface area contributed by atoms with Gasteiger partial charge in [-0.3, -0.25) is 14.5 Å². The van der Waals surface area contributed by atoms with Gasteiger partial charge in [0.25, 0.3) is 17.9 Å². The third-order valence-corrected chi connectivity index (χ3v) is 7.18. The van der Waals surface area contributed by atoms with Crippen LogP contribution < -0.4 is 10.9 Å². The summed E-state index contributed by atoms with van der Waals surface area (Å²) < 4.78 is 29.3. The highest BCUT2D eigenvalue weighted by atomic mass is 19.3. The van der Waals surface area contributed by atoms with Gasteiger partial charge in [-0.25, -0.2) is 8.78 Å². The van der Waals surface area contributed by atoms with Crippen molar-refractivity contribution in [3.63, 3.8) is 0 Å². The molecular weight excluding hydrogens is 490 g/mol. The van der Waals surface area contributed by atoms with E-state index in [-0.39, 0.29) is 11.0 Å². The summed E-state index contributed by atoms with van der Waals surface area (Å²) in [6.45, 7) is 7.89. The maximum atomic E-state index is 13.3. The monoisotopic (exact) mass is 526 g/mol. The summed E-state index contributed by atoms with van der Waals surface area (Å²) in [6, 6.07) is 8.97. The molecule has 3 heterocycles. The Labute approximate surface area is 221 Å². The molecule has 0 aliphatic carbocycles. The van der Waals surface area contributed by atoms with Gasteiger partial charge in [0, 0.05) is 38.4 Å². The molecule has 2 aromatic heterocycles. The van der Waals surface area contributed by atoms with Crippen molar-refractivity contribution >= 4 is 11.6 Å². The number of alkyl halides is 2. The molecule has 38 heavy (non-hydrogen) atoms. The second kappa shape index (κ2) is 11.6. The molecule has 0 saturated carbocycles. The first kappa shape index (κ1) is 27.6. The maximum absolute atomic E-state index is 13.3. The van der Waals surface area contributed by atoms with Crippen LogP contribution in [0.1, 0.15) is 60.9 Å². The second-order valence-corrected chi connectivity index (χ2v) is 11.0. The fraction of sp³-hybridized carbons (Fsp3) is 0.500. The fourth-order valence-corrected chi connectivity index (χ4v) is 5.10. The van der Waals surface area contributed by atoms with E-state index in [0.717, 1.165) is 41.9 Å². The molecule has 1 N–H and O–H groups in total. The standard InChI is InChI=1S/C28H36F2N6O2/c1-19-7-6-10-35(14-19)15-20-11-23(27(38)36(16-20)17-24(29)30)26(37)32-22-9-5-8-21(12-22)28(2,3)13-25-33-31-18-34(25)4/h5,8-9,11-12,16,18-19,24H,6-7,10,13-15,17H2,1-4H3,(H,32,37)/t19-/m0/s1. The van der Waals surface area contributed by atoms with Crippen molar-refractivity contribution < 1.29 is 13.6 Å². The normalized spacial score (nSPS) is 16.7. The van der Waals surface area contributed by atoms with E-state index in [9.17, 15) is 18.4 Å². The zero-order chi connectivity index (χ0) is 27.4. The van der Waals surface area contributed by atoms with Gasteiger partial charge in [0.2, 0.25) is 0 Å². The van der Waals surface area contributed by atoms with E-state index in [1.807, 2.05) is 29.8 Å². The first-order valence-electron chi connectivity index (χ1n) is 13.0. The molecule has 1 aliphatic rings. The van der Waals surface area contributed by atoms with Gasteiger partial charge in [-0.05, 0) is 60.0 Å². The molecule has 0 unspecified atom stereocenters. The summed E-state index contributed by atoms with van der Waals surface area (Å²) >= 11 is 0. The number of carbonyl (C=O) groups is 1. The largest absolute Gasteiger partial charge is 0.322 e. The lowest BCUT2D eigenvalue weighted by molar-refractivity contribution is 0.101. The predicted octanol–water partition coefficient (Wildman–Crippen LogP) is 4.25. The van der Waals surface area contributed by atoms with Crippen LogP contribution in [0.2, 0.25) is 0 Å².